The van der Waals surface area contributed by atoms with Crippen molar-refractivity contribution >= 4 is 17.9 Å². The van der Waals surface area contributed by atoms with E-state index in [9.17, 15) is 14.4 Å². The van der Waals surface area contributed by atoms with Crippen molar-refractivity contribution < 1.29 is 28.6 Å². The van der Waals surface area contributed by atoms with Crippen molar-refractivity contribution in [2.75, 3.05) is 13.2 Å². The standard InChI is InChI=1S/C57H100O6/c1-4-7-10-13-16-19-22-25-27-28-29-30-31-33-35-38-41-44-47-50-56(59)62-53-54(52-61-55(58)49-46-43-40-37-34-24-21-18-15-12-9-6-3)63-57(60)51-48-45-42-39-36-32-26-23-20-17-14-11-8-5-2/h16,18-19,21,25,27,29-30,33,35,54H,4-15,17,20,22-24,26,28,31-32,34,36-53H2,1-3H3/b19-16-,21-18-,27-25-,30-29-,35-33-/t54-/m1/s1. The highest BCUT2D eigenvalue weighted by Gasteiger charge is 2.19. The molecular formula is C57H100O6. The van der Waals surface area contributed by atoms with Gasteiger partial charge in [0.15, 0.2) is 6.10 Å². The largest absolute Gasteiger partial charge is 0.462 e. The number of hydrogen-bond acceptors (Lipinski definition) is 6. The molecule has 0 rings (SSSR count). The Labute approximate surface area is 390 Å². The molecule has 0 saturated heterocycles. The van der Waals surface area contributed by atoms with Gasteiger partial charge in [-0.1, -0.05) is 216 Å². The Kier molecular flexibility index (Phi) is 49.4. The second-order valence-corrected chi connectivity index (χ2v) is 17.8. The monoisotopic (exact) mass is 881 g/mol. The summed E-state index contributed by atoms with van der Waals surface area (Å²) < 4.78 is 16.8. The lowest BCUT2D eigenvalue weighted by Gasteiger charge is -2.18. The van der Waals surface area contributed by atoms with Gasteiger partial charge < -0.3 is 14.2 Å². The quantitative estimate of drug-likeness (QED) is 0.0262. The first-order valence-corrected chi connectivity index (χ1v) is 26.8. The van der Waals surface area contributed by atoms with Gasteiger partial charge in [-0.15, -0.1) is 0 Å². The summed E-state index contributed by atoms with van der Waals surface area (Å²) in [5.41, 5.74) is 0. The molecule has 0 aromatic rings. The smallest absolute Gasteiger partial charge is 0.306 e. The zero-order valence-corrected chi connectivity index (χ0v) is 41.6. The number of carbonyl (C=O) groups is 3. The molecule has 0 unspecified atom stereocenters. The molecule has 6 heteroatoms. The van der Waals surface area contributed by atoms with E-state index in [1.807, 2.05) is 0 Å². The Morgan fingerprint density at radius 2 is 0.571 bits per heavy atom. The average Bonchev–Trinajstić information content (AvgIpc) is 3.28. The molecule has 0 spiro atoms. The molecule has 6 nitrogen and oxygen atoms in total. The van der Waals surface area contributed by atoms with Gasteiger partial charge in [0.2, 0.25) is 0 Å². The van der Waals surface area contributed by atoms with Crippen molar-refractivity contribution in [1.29, 1.82) is 0 Å². The van der Waals surface area contributed by atoms with Crippen molar-refractivity contribution in [3.8, 4) is 0 Å². The van der Waals surface area contributed by atoms with Gasteiger partial charge in [-0.25, -0.2) is 0 Å². The minimum absolute atomic E-state index is 0.0870. The summed E-state index contributed by atoms with van der Waals surface area (Å²) in [6, 6.07) is 0. The maximum atomic E-state index is 12.8. The van der Waals surface area contributed by atoms with Gasteiger partial charge in [0, 0.05) is 19.3 Å². The second-order valence-electron chi connectivity index (χ2n) is 17.8. The van der Waals surface area contributed by atoms with Gasteiger partial charge in [-0.2, -0.15) is 0 Å². The number of esters is 3. The van der Waals surface area contributed by atoms with Crippen LogP contribution in [0.1, 0.15) is 265 Å². The van der Waals surface area contributed by atoms with Crippen LogP contribution in [-0.4, -0.2) is 37.2 Å². The van der Waals surface area contributed by atoms with Crippen LogP contribution in [0.4, 0.5) is 0 Å². The second kappa shape index (κ2) is 51.7. The first-order chi connectivity index (χ1) is 31.0. The van der Waals surface area contributed by atoms with Crippen molar-refractivity contribution in [3.05, 3.63) is 60.8 Å². The van der Waals surface area contributed by atoms with E-state index in [1.54, 1.807) is 0 Å². The Morgan fingerprint density at radius 1 is 0.317 bits per heavy atom. The molecule has 0 fully saturated rings. The molecule has 63 heavy (non-hydrogen) atoms. The highest BCUT2D eigenvalue weighted by Crippen LogP contribution is 2.15. The molecule has 0 heterocycles. The molecule has 0 bridgehead atoms. The molecule has 0 radical (unpaired) electrons. The Bertz CT molecular complexity index is 1150. The normalized spacial score (nSPS) is 12.5. The van der Waals surface area contributed by atoms with Crippen LogP contribution in [0, 0.1) is 0 Å². The maximum Gasteiger partial charge on any atom is 0.306 e. The zero-order chi connectivity index (χ0) is 45.8. The van der Waals surface area contributed by atoms with Gasteiger partial charge in [0.25, 0.3) is 0 Å². The predicted octanol–water partition coefficient (Wildman–Crippen LogP) is 17.6. The molecule has 0 aliphatic carbocycles. The fraction of sp³-hybridized carbons (Fsp3) is 0.772. The van der Waals surface area contributed by atoms with E-state index < -0.39 is 6.10 Å². The molecule has 0 aliphatic rings. The van der Waals surface area contributed by atoms with Gasteiger partial charge in [-0.05, 0) is 89.9 Å². The number of hydrogen-bond donors (Lipinski definition) is 0. The lowest BCUT2D eigenvalue weighted by molar-refractivity contribution is -0.167. The summed E-state index contributed by atoms with van der Waals surface area (Å²) in [4.78, 5) is 38.0. The molecule has 0 aromatic carbocycles. The number of rotatable bonds is 48. The summed E-state index contributed by atoms with van der Waals surface area (Å²) in [6.07, 6.45) is 63.4. The van der Waals surface area contributed by atoms with Gasteiger partial charge in [0.1, 0.15) is 13.2 Å². The van der Waals surface area contributed by atoms with E-state index in [1.165, 1.54) is 135 Å². The molecule has 0 aliphatic heterocycles. The lowest BCUT2D eigenvalue weighted by atomic mass is 10.0. The molecular weight excluding hydrogens is 781 g/mol. The Morgan fingerprint density at radius 3 is 0.952 bits per heavy atom. The molecule has 0 amide bonds. The van der Waals surface area contributed by atoms with Crippen molar-refractivity contribution in [2.45, 2.75) is 271 Å². The predicted molar refractivity (Wildman–Crippen MR) is 270 cm³/mol. The van der Waals surface area contributed by atoms with E-state index in [2.05, 4.69) is 81.5 Å². The third-order valence-electron chi connectivity index (χ3n) is 11.5. The third-order valence-corrected chi connectivity index (χ3v) is 11.5. The van der Waals surface area contributed by atoms with Crippen LogP contribution in [0.5, 0.6) is 0 Å². The molecule has 0 aromatic heterocycles. The number of unbranched alkanes of at least 4 members (excludes halogenated alkanes) is 27. The summed E-state index contributed by atoms with van der Waals surface area (Å²) in [7, 11) is 0. The molecule has 0 N–H and O–H groups in total. The summed E-state index contributed by atoms with van der Waals surface area (Å²) in [6.45, 7) is 6.56. The Balaban J connectivity index is 4.41. The van der Waals surface area contributed by atoms with Crippen LogP contribution in [0.15, 0.2) is 60.8 Å². The van der Waals surface area contributed by atoms with Crippen LogP contribution in [0.2, 0.25) is 0 Å². The van der Waals surface area contributed by atoms with E-state index in [0.717, 1.165) is 89.9 Å². The molecule has 1 atom stereocenters. The van der Waals surface area contributed by atoms with E-state index in [4.69, 9.17) is 14.2 Å². The fourth-order valence-electron chi connectivity index (χ4n) is 7.42. The van der Waals surface area contributed by atoms with E-state index >= 15 is 0 Å². The van der Waals surface area contributed by atoms with Gasteiger partial charge >= 0.3 is 17.9 Å². The van der Waals surface area contributed by atoms with Crippen molar-refractivity contribution in [3.63, 3.8) is 0 Å². The first-order valence-electron chi connectivity index (χ1n) is 26.8. The zero-order valence-electron chi connectivity index (χ0n) is 41.6. The van der Waals surface area contributed by atoms with Crippen LogP contribution >= 0.6 is 0 Å². The van der Waals surface area contributed by atoms with E-state index in [0.29, 0.717) is 19.3 Å². The number of allylic oxidation sites excluding steroid dienone is 10. The highest BCUT2D eigenvalue weighted by atomic mass is 16.6. The summed E-state index contributed by atoms with van der Waals surface area (Å²) >= 11 is 0. The number of carbonyl (C=O) groups excluding carboxylic acids is 3. The van der Waals surface area contributed by atoms with E-state index in [-0.39, 0.29) is 31.1 Å². The molecule has 364 valence electrons. The minimum Gasteiger partial charge on any atom is -0.462 e. The molecule has 0 saturated carbocycles. The van der Waals surface area contributed by atoms with Crippen LogP contribution < -0.4 is 0 Å². The maximum absolute atomic E-state index is 12.8. The fourth-order valence-corrected chi connectivity index (χ4v) is 7.42. The van der Waals surface area contributed by atoms with Gasteiger partial charge in [-0.3, -0.25) is 14.4 Å². The average molecular weight is 881 g/mol. The Hall–Kier alpha value is -2.89. The van der Waals surface area contributed by atoms with Crippen LogP contribution in [0.3, 0.4) is 0 Å². The summed E-state index contributed by atoms with van der Waals surface area (Å²) in [5, 5.41) is 0. The minimum atomic E-state index is -0.787. The van der Waals surface area contributed by atoms with Crippen LogP contribution in [0.25, 0.3) is 0 Å². The van der Waals surface area contributed by atoms with Gasteiger partial charge in [0.05, 0.1) is 0 Å². The number of ether oxygens (including phenoxy) is 3. The third kappa shape index (κ3) is 50.0. The first kappa shape index (κ1) is 60.1. The van der Waals surface area contributed by atoms with Crippen LogP contribution in [-0.2, 0) is 28.6 Å². The lowest BCUT2D eigenvalue weighted by Crippen LogP contribution is -2.30. The topological polar surface area (TPSA) is 78.9 Å². The van der Waals surface area contributed by atoms with Crippen molar-refractivity contribution in [1.82, 2.24) is 0 Å². The van der Waals surface area contributed by atoms with Crippen molar-refractivity contribution in [2.24, 2.45) is 0 Å². The summed E-state index contributed by atoms with van der Waals surface area (Å²) in [5.74, 6) is -0.920. The highest BCUT2D eigenvalue weighted by molar-refractivity contribution is 5.71. The SMILES string of the molecule is CCCCC/C=C\C/C=C\C/C=C\C/C=C\CCCCCC(=O)OC[C@@H](COC(=O)CCCCCCC/C=C\CCCCC)OC(=O)CCCCCCCCCCCCCCCC.